The number of nitrogens with one attached hydrogen (secondary N) is 1. The van der Waals surface area contributed by atoms with E-state index in [0.29, 0.717) is 6.42 Å². The van der Waals surface area contributed by atoms with E-state index in [4.69, 9.17) is 9.47 Å². The van der Waals surface area contributed by atoms with Gasteiger partial charge in [0.15, 0.2) is 6.29 Å². The average molecular weight is 987 g/mol. The number of rotatable bonds is 50. The van der Waals surface area contributed by atoms with E-state index in [1.807, 2.05) is 6.08 Å². The molecular weight excluding hydrogens is 875 g/mol. The smallest absolute Gasteiger partial charge is 0.220 e. The highest BCUT2D eigenvalue weighted by Crippen LogP contribution is 2.23. The van der Waals surface area contributed by atoms with Crippen molar-refractivity contribution in [2.75, 3.05) is 13.2 Å². The molecule has 70 heavy (non-hydrogen) atoms. The van der Waals surface area contributed by atoms with Gasteiger partial charge in [0.05, 0.1) is 25.4 Å². The molecule has 0 aliphatic carbocycles. The lowest BCUT2D eigenvalue weighted by Gasteiger charge is -2.40. The third-order valence-electron chi connectivity index (χ3n) is 13.8. The maximum Gasteiger partial charge on any atom is 0.220 e. The van der Waals surface area contributed by atoms with Crippen molar-refractivity contribution in [1.82, 2.24) is 5.32 Å². The molecule has 9 nitrogen and oxygen atoms in total. The zero-order valence-electron chi connectivity index (χ0n) is 45.3. The fourth-order valence-electron chi connectivity index (χ4n) is 9.10. The molecule has 0 spiro atoms. The van der Waals surface area contributed by atoms with Crippen molar-refractivity contribution in [3.63, 3.8) is 0 Å². The van der Waals surface area contributed by atoms with E-state index in [2.05, 4.69) is 67.8 Å². The molecule has 1 fully saturated rings. The molecule has 0 radical (unpaired) electrons. The summed E-state index contributed by atoms with van der Waals surface area (Å²) in [5, 5.41) is 54.5. The topological polar surface area (TPSA) is 149 Å². The quantitative estimate of drug-likeness (QED) is 0.0261. The van der Waals surface area contributed by atoms with Crippen LogP contribution in [0.4, 0.5) is 0 Å². The van der Waals surface area contributed by atoms with Crippen molar-refractivity contribution < 1.29 is 39.8 Å². The number of hydrogen-bond acceptors (Lipinski definition) is 8. The highest BCUT2D eigenvalue weighted by molar-refractivity contribution is 5.76. The van der Waals surface area contributed by atoms with Gasteiger partial charge in [-0.15, -0.1) is 0 Å². The van der Waals surface area contributed by atoms with Gasteiger partial charge < -0.3 is 40.3 Å². The Morgan fingerprint density at radius 1 is 0.486 bits per heavy atom. The molecule has 0 aromatic rings. The van der Waals surface area contributed by atoms with E-state index in [1.165, 1.54) is 193 Å². The Balaban J connectivity index is 2.22. The Kier molecular flexibility index (Phi) is 47.5. The number of amides is 1. The van der Waals surface area contributed by atoms with Gasteiger partial charge in [-0.25, -0.2) is 0 Å². The third-order valence-corrected chi connectivity index (χ3v) is 13.8. The van der Waals surface area contributed by atoms with Crippen molar-refractivity contribution in [3.8, 4) is 0 Å². The van der Waals surface area contributed by atoms with E-state index in [0.717, 1.165) is 51.4 Å². The molecule has 1 rings (SSSR count). The van der Waals surface area contributed by atoms with Crippen LogP contribution in [0.2, 0.25) is 0 Å². The molecule has 0 aromatic carbocycles. The molecule has 1 aliphatic rings. The lowest BCUT2D eigenvalue weighted by atomic mass is 9.99. The van der Waals surface area contributed by atoms with Crippen LogP contribution in [-0.4, -0.2) is 87.5 Å². The van der Waals surface area contributed by atoms with Crippen LogP contribution in [0, 0.1) is 0 Å². The maximum absolute atomic E-state index is 13.1. The van der Waals surface area contributed by atoms with E-state index >= 15 is 0 Å². The molecule has 1 aliphatic heterocycles. The van der Waals surface area contributed by atoms with Crippen molar-refractivity contribution in [3.05, 3.63) is 60.8 Å². The number of carbonyl (C=O) groups is 1. The summed E-state index contributed by atoms with van der Waals surface area (Å²) >= 11 is 0. The van der Waals surface area contributed by atoms with Gasteiger partial charge in [0, 0.05) is 6.42 Å². The lowest BCUT2D eigenvalue weighted by molar-refractivity contribution is -0.302. The molecular formula is C61H111NO8. The minimum absolute atomic E-state index is 0.191. The first-order chi connectivity index (χ1) is 34.3. The molecule has 1 saturated heterocycles. The number of hydrogen-bond donors (Lipinski definition) is 6. The molecule has 0 aromatic heterocycles. The molecule has 0 saturated carbocycles. The summed E-state index contributed by atoms with van der Waals surface area (Å²) in [4.78, 5) is 13.1. The predicted octanol–water partition coefficient (Wildman–Crippen LogP) is 14.7. The Morgan fingerprint density at radius 2 is 0.857 bits per heavy atom. The summed E-state index contributed by atoms with van der Waals surface area (Å²) in [6, 6.07) is -0.831. The van der Waals surface area contributed by atoms with Crippen molar-refractivity contribution in [2.45, 2.75) is 307 Å². The monoisotopic (exact) mass is 986 g/mol. The number of aliphatic hydroxyl groups is 5. The van der Waals surface area contributed by atoms with E-state index in [9.17, 15) is 30.3 Å². The van der Waals surface area contributed by atoms with Crippen LogP contribution in [0.15, 0.2) is 60.8 Å². The van der Waals surface area contributed by atoms with Gasteiger partial charge in [0.25, 0.3) is 0 Å². The van der Waals surface area contributed by atoms with Crippen molar-refractivity contribution in [1.29, 1.82) is 0 Å². The zero-order valence-corrected chi connectivity index (χ0v) is 45.3. The largest absolute Gasteiger partial charge is 0.394 e. The van der Waals surface area contributed by atoms with Gasteiger partial charge in [-0.05, 0) is 77.0 Å². The molecule has 408 valence electrons. The van der Waals surface area contributed by atoms with Gasteiger partial charge >= 0.3 is 0 Å². The Bertz CT molecular complexity index is 1280. The fraction of sp³-hybridized carbons (Fsp3) is 0.820. The summed E-state index contributed by atoms with van der Waals surface area (Å²) in [5.41, 5.74) is 0. The molecule has 7 atom stereocenters. The minimum atomic E-state index is -1.58. The SMILES string of the molecule is CCCCCCCCCC/C=C/CC/C=C/CC/C=C/C(O)C(COC1OC(CO)C(O)C(O)C1O)NC(=O)CCCCCCCCCCCCCCC/C=C\C/C=C\CCCCCCCCCCC. The van der Waals surface area contributed by atoms with Crippen LogP contribution in [-0.2, 0) is 14.3 Å². The first kappa shape index (κ1) is 65.9. The fourth-order valence-corrected chi connectivity index (χ4v) is 9.10. The second-order valence-electron chi connectivity index (χ2n) is 20.4. The Labute approximate surface area is 430 Å². The predicted molar refractivity (Wildman–Crippen MR) is 295 cm³/mol. The van der Waals surface area contributed by atoms with Gasteiger partial charge in [-0.2, -0.15) is 0 Å². The first-order valence-corrected chi connectivity index (χ1v) is 29.5. The van der Waals surface area contributed by atoms with Crippen LogP contribution < -0.4 is 5.32 Å². The maximum atomic E-state index is 13.1. The summed E-state index contributed by atoms with van der Waals surface area (Å²) in [7, 11) is 0. The van der Waals surface area contributed by atoms with Crippen molar-refractivity contribution >= 4 is 5.91 Å². The van der Waals surface area contributed by atoms with Gasteiger partial charge in [-0.3, -0.25) is 4.79 Å². The molecule has 7 unspecified atom stereocenters. The molecule has 9 heteroatoms. The highest BCUT2D eigenvalue weighted by Gasteiger charge is 2.44. The van der Waals surface area contributed by atoms with Crippen LogP contribution in [0.25, 0.3) is 0 Å². The number of carbonyl (C=O) groups excluding carboxylic acids is 1. The van der Waals surface area contributed by atoms with E-state index in [-0.39, 0.29) is 12.5 Å². The van der Waals surface area contributed by atoms with E-state index in [1.54, 1.807) is 6.08 Å². The summed E-state index contributed by atoms with van der Waals surface area (Å²) < 4.78 is 11.2. The van der Waals surface area contributed by atoms with Gasteiger partial charge in [0.2, 0.25) is 5.91 Å². The molecule has 0 bridgehead atoms. The van der Waals surface area contributed by atoms with Crippen molar-refractivity contribution in [2.24, 2.45) is 0 Å². The normalized spacial score (nSPS) is 19.8. The van der Waals surface area contributed by atoms with Gasteiger partial charge in [0.1, 0.15) is 24.4 Å². The summed E-state index contributed by atoms with van der Waals surface area (Å²) in [6.07, 6.45) is 61.5. The molecule has 6 N–H and O–H groups in total. The lowest BCUT2D eigenvalue weighted by Crippen LogP contribution is -2.60. The minimum Gasteiger partial charge on any atom is -0.394 e. The Hall–Kier alpha value is -2.11. The number of ether oxygens (including phenoxy) is 2. The second kappa shape index (κ2) is 50.4. The van der Waals surface area contributed by atoms with Crippen LogP contribution in [0.1, 0.15) is 264 Å². The molecule has 1 amide bonds. The number of aliphatic hydroxyl groups excluding tert-OH is 5. The van der Waals surface area contributed by atoms with Crippen LogP contribution in [0.3, 0.4) is 0 Å². The average Bonchev–Trinajstić information content (AvgIpc) is 3.36. The number of allylic oxidation sites excluding steroid dienone is 9. The molecule has 1 heterocycles. The van der Waals surface area contributed by atoms with Crippen LogP contribution >= 0.6 is 0 Å². The Morgan fingerprint density at radius 3 is 1.29 bits per heavy atom. The summed E-state index contributed by atoms with van der Waals surface area (Å²) in [6.45, 7) is 3.77. The van der Waals surface area contributed by atoms with Crippen LogP contribution in [0.5, 0.6) is 0 Å². The second-order valence-corrected chi connectivity index (χ2v) is 20.4. The third kappa shape index (κ3) is 39.4. The standard InChI is InChI=1S/C61H111NO8/c1-3-5-7-9-11-13-15-17-19-21-23-24-25-26-27-28-29-30-31-32-33-35-37-39-41-43-45-47-49-51-57(65)62-54(53-69-61-60(68)59(67)58(66)56(52-63)70-61)55(64)50-48-46-44-42-40-38-36-34-22-20-18-16-14-12-10-8-6-4-2/h22-24,26-27,34,40,42,48,50,54-56,58-61,63-64,66-68H,3-21,25,28-33,35-39,41,43-47,49,51-53H2,1-2H3,(H,62,65)/b24-23-,27-26-,34-22+,42-40+,50-48+. The van der Waals surface area contributed by atoms with E-state index < -0.39 is 49.5 Å². The van der Waals surface area contributed by atoms with Gasteiger partial charge in [-0.1, -0.05) is 242 Å². The first-order valence-electron chi connectivity index (χ1n) is 29.5. The summed E-state index contributed by atoms with van der Waals surface area (Å²) in [5.74, 6) is -0.191. The highest BCUT2D eigenvalue weighted by atomic mass is 16.7. The number of unbranched alkanes of at least 4 members (excludes halogenated alkanes) is 32. The zero-order chi connectivity index (χ0) is 50.8.